The fraction of sp³-hybridized carbons (Fsp3) is 0.111. The Bertz CT molecular complexity index is 291. The molecule has 0 aliphatic carbocycles. The van der Waals surface area contributed by atoms with Gasteiger partial charge in [-0.25, -0.2) is 0 Å². The Hall–Kier alpha value is -1.13. The van der Waals surface area contributed by atoms with Gasteiger partial charge in [-0.05, 0) is 0 Å². The molecule has 0 aromatic carbocycles. The molecule has 0 unspecified atom stereocenters. The van der Waals surface area contributed by atoms with Crippen LogP contribution in [0, 0.1) is 12.3 Å². The summed E-state index contributed by atoms with van der Waals surface area (Å²) >= 11 is 5.82. The summed E-state index contributed by atoms with van der Waals surface area (Å²) in [5, 5.41) is 0.600. The lowest BCUT2D eigenvalue weighted by Crippen LogP contribution is -2.08. The number of hydrogen-bond donors (Lipinski definition) is 0. The minimum absolute atomic E-state index is 0.600. The molecule has 0 fully saturated rings. The highest BCUT2D eigenvalue weighted by Gasteiger charge is 2.10. The van der Waals surface area contributed by atoms with Gasteiger partial charge in [-0.3, -0.25) is 0 Å². The first-order valence-electron chi connectivity index (χ1n) is 3.12. The summed E-state index contributed by atoms with van der Waals surface area (Å²) in [7, 11) is 1.87. The van der Waals surface area contributed by atoms with Crippen LogP contribution in [0.5, 0.6) is 0 Å². The van der Waals surface area contributed by atoms with E-state index in [9.17, 15) is 0 Å². The molecule has 2 heteroatoms. The van der Waals surface area contributed by atoms with Gasteiger partial charge in [0.1, 0.15) is 0 Å². The van der Waals surface area contributed by atoms with E-state index >= 15 is 0 Å². The van der Waals surface area contributed by atoms with Crippen molar-refractivity contribution >= 4 is 11.6 Å². The zero-order valence-corrected chi connectivity index (χ0v) is 7.02. The van der Waals surface area contributed by atoms with Crippen molar-refractivity contribution in [2.45, 2.75) is 0 Å². The molecule has 1 heterocycles. The molecule has 0 atom stereocenters. The number of hydrogen-bond acceptors (Lipinski definition) is 1. The Kier molecular flexibility index (Phi) is 2.07. The van der Waals surface area contributed by atoms with E-state index in [2.05, 4.69) is 12.5 Å². The zero-order chi connectivity index (χ0) is 8.43. The molecule has 56 valence electrons. The summed E-state index contributed by atoms with van der Waals surface area (Å²) in [6, 6.07) is 0. The van der Waals surface area contributed by atoms with Gasteiger partial charge in [0.05, 0.1) is 5.03 Å². The Morgan fingerprint density at radius 1 is 1.64 bits per heavy atom. The van der Waals surface area contributed by atoms with E-state index in [1.807, 2.05) is 18.1 Å². The van der Waals surface area contributed by atoms with Crippen molar-refractivity contribution in [2.75, 3.05) is 7.05 Å². The summed E-state index contributed by atoms with van der Waals surface area (Å²) in [5.41, 5.74) is 1.45. The van der Waals surface area contributed by atoms with Crippen molar-refractivity contribution in [3.05, 3.63) is 35.2 Å². The Morgan fingerprint density at radius 3 is 2.82 bits per heavy atom. The summed E-state index contributed by atoms with van der Waals surface area (Å²) < 4.78 is 0. The highest BCUT2D eigenvalue weighted by molar-refractivity contribution is 6.32. The van der Waals surface area contributed by atoms with Gasteiger partial charge in [-0.15, -0.1) is 6.42 Å². The van der Waals surface area contributed by atoms with Gasteiger partial charge in [0.15, 0.2) is 0 Å². The van der Waals surface area contributed by atoms with E-state index in [1.54, 1.807) is 6.20 Å². The van der Waals surface area contributed by atoms with Gasteiger partial charge in [-0.1, -0.05) is 24.1 Å². The monoisotopic (exact) mass is 165 g/mol. The van der Waals surface area contributed by atoms with Crippen LogP contribution < -0.4 is 0 Å². The smallest absolute Gasteiger partial charge is 0.0647 e. The summed E-state index contributed by atoms with van der Waals surface area (Å²) in [6.07, 6.45) is 8.81. The number of halogens is 1. The second-order valence-electron chi connectivity index (χ2n) is 2.31. The minimum atomic E-state index is 0.600. The maximum Gasteiger partial charge on any atom is 0.0647 e. The first kappa shape index (κ1) is 7.97. The van der Waals surface area contributed by atoms with Gasteiger partial charge in [-0.2, -0.15) is 0 Å². The molecule has 0 bridgehead atoms. The number of terminal acetylenes is 1. The van der Waals surface area contributed by atoms with Crippen molar-refractivity contribution < 1.29 is 0 Å². The van der Waals surface area contributed by atoms with E-state index in [-0.39, 0.29) is 0 Å². The topological polar surface area (TPSA) is 3.24 Å². The average molecular weight is 166 g/mol. The standard InChI is InChI=1S/C9H8ClN/c1-4-8-5-11(3)6-9(10)7(8)2/h1,5-6H,2H2,3H3. The molecule has 11 heavy (non-hydrogen) atoms. The quantitative estimate of drug-likeness (QED) is 0.497. The molecule has 0 spiro atoms. The normalized spacial score (nSPS) is 17.2. The lowest BCUT2D eigenvalue weighted by Gasteiger charge is -2.17. The van der Waals surface area contributed by atoms with E-state index < -0.39 is 0 Å². The van der Waals surface area contributed by atoms with Crippen LogP contribution in [0.4, 0.5) is 0 Å². The third-order valence-corrected chi connectivity index (χ3v) is 1.74. The molecular formula is C9H8ClN. The second kappa shape index (κ2) is 2.86. The average Bonchev–Trinajstić information content (AvgIpc) is 1.96. The first-order chi connectivity index (χ1) is 5.15. The van der Waals surface area contributed by atoms with Gasteiger partial charge >= 0.3 is 0 Å². The number of allylic oxidation sites excluding steroid dienone is 3. The number of rotatable bonds is 0. The SMILES string of the molecule is C#CC1=CN(C)C=C(Cl)C1=C. The third-order valence-electron chi connectivity index (χ3n) is 1.42. The van der Waals surface area contributed by atoms with Crippen molar-refractivity contribution in [1.82, 2.24) is 4.90 Å². The highest BCUT2D eigenvalue weighted by atomic mass is 35.5. The van der Waals surface area contributed by atoms with Crippen LogP contribution in [0.2, 0.25) is 0 Å². The molecule has 1 rings (SSSR count). The second-order valence-corrected chi connectivity index (χ2v) is 2.72. The van der Waals surface area contributed by atoms with E-state index in [1.165, 1.54) is 0 Å². The lowest BCUT2D eigenvalue weighted by atomic mass is 10.1. The largest absolute Gasteiger partial charge is 0.354 e. The Labute approximate surface area is 71.6 Å². The molecule has 0 amide bonds. The van der Waals surface area contributed by atoms with Crippen molar-refractivity contribution in [3.63, 3.8) is 0 Å². The molecule has 0 aromatic heterocycles. The van der Waals surface area contributed by atoms with E-state index in [0.717, 1.165) is 5.57 Å². The van der Waals surface area contributed by atoms with Crippen LogP contribution in [0.3, 0.4) is 0 Å². The van der Waals surface area contributed by atoms with Crippen molar-refractivity contribution in [1.29, 1.82) is 0 Å². The van der Waals surface area contributed by atoms with Gasteiger partial charge < -0.3 is 4.90 Å². The molecule has 1 aliphatic rings. The Morgan fingerprint density at radius 2 is 2.27 bits per heavy atom. The van der Waals surface area contributed by atoms with E-state index in [4.69, 9.17) is 18.0 Å². The van der Waals surface area contributed by atoms with Crippen LogP contribution in [0.15, 0.2) is 35.2 Å². The van der Waals surface area contributed by atoms with Crippen molar-refractivity contribution in [3.8, 4) is 12.3 Å². The van der Waals surface area contributed by atoms with Crippen LogP contribution in [0.25, 0.3) is 0 Å². The van der Waals surface area contributed by atoms with Crippen LogP contribution in [0.1, 0.15) is 0 Å². The maximum absolute atomic E-state index is 5.82. The molecule has 1 aliphatic heterocycles. The predicted molar refractivity (Wildman–Crippen MR) is 47.8 cm³/mol. The fourth-order valence-corrected chi connectivity index (χ4v) is 1.08. The van der Waals surface area contributed by atoms with Gasteiger partial charge in [0.2, 0.25) is 0 Å². The van der Waals surface area contributed by atoms with Crippen molar-refractivity contribution in [2.24, 2.45) is 0 Å². The number of nitrogens with zero attached hydrogens (tertiary/aromatic N) is 1. The summed E-state index contributed by atoms with van der Waals surface area (Å²) in [6.45, 7) is 3.74. The third kappa shape index (κ3) is 1.47. The molecule has 0 N–H and O–H groups in total. The molecule has 0 aromatic rings. The zero-order valence-electron chi connectivity index (χ0n) is 6.26. The molecule has 0 radical (unpaired) electrons. The molecular weight excluding hydrogens is 158 g/mol. The van der Waals surface area contributed by atoms with Crippen LogP contribution in [-0.2, 0) is 0 Å². The van der Waals surface area contributed by atoms with Gasteiger partial charge in [0, 0.05) is 30.6 Å². The molecule has 0 saturated heterocycles. The summed E-state index contributed by atoms with van der Waals surface area (Å²) in [4.78, 5) is 1.81. The predicted octanol–water partition coefficient (Wildman–Crippen LogP) is 2.09. The minimum Gasteiger partial charge on any atom is -0.354 e. The molecule has 1 nitrogen and oxygen atoms in total. The highest BCUT2D eigenvalue weighted by Crippen LogP contribution is 2.25. The maximum atomic E-state index is 5.82. The van der Waals surface area contributed by atoms with Gasteiger partial charge in [0.25, 0.3) is 0 Å². The van der Waals surface area contributed by atoms with E-state index in [0.29, 0.717) is 10.6 Å². The first-order valence-corrected chi connectivity index (χ1v) is 3.50. The summed E-state index contributed by atoms with van der Waals surface area (Å²) in [5.74, 6) is 2.51. The van der Waals surface area contributed by atoms with Crippen LogP contribution >= 0.6 is 11.6 Å². The lowest BCUT2D eigenvalue weighted by molar-refractivity contribution is 0.614. The molecule has 0 saturated carbocycles. The Balaban J connectivity index is 3.02. The van der Waals surface area contributed by atoms with Crippen LogP contribution in [-0.4, -0.2) is 11.9 Å². The fourth-order valence-electron chi connectivity index (χ4n) is 0.829.